The molecule has 1 aliphatic heterocycles. The van der Waals surface area contributed by atoms with Gasteiger partial charge in [0.05, 0.1) is 27.9 Å². The van der Waals surface area contributed by atoms with E-state index in [1.54, 1.807) is 33.5 Å². The van der Waals surface area contributed by atoms with E-state index in [9.17, 15) is 9.59 Å². The number of carbonyl (C=O) groups is 2. The lowest BCUT2D eigenvalue weighted by Gasteiger charge is -2.40. The molecule has 0 spiro atoms. The number of ether oxygens (including phenoxy) is 4. The molecule has 7 heteroatoms. The molecule has 1 aliphatic carbocycles. The average Bonchev–Trinajstić information content (AvgIpc) is 2.90. The first-order valence-corrected chi connectivity index (χ1v) is 12.2. The number of rotatable bonds is 8. The van der Waals surface area contributed by atoms with Gasteiger partial charge in [0.15, 0.2) is 5.78 Å². The maximum atomic E-state index is 13.8. The third-order valence-electron chi connectivity index (χ3n) is 6.89. The Hall–Kier alpha value is -3.74. The maximum absolute atomic E-state index is 13.8. The Balaban J connectivity index is 1.85. The fraction of sp³-hybridized carbons (Fsp3) is 0.379. The Morgan fingerprint density at radius 2 is 1.72 bits per heavy atom. The van der Waals surface area contributed by atoms with Crippen LogP contribution in [-0.4, -0.2) is 39.7 Å². The van der Waals surface area contributed by atoms with E-state index in [-0.39, 0.29) is 11.7 Å². The summed E-state index contributed by atoms with van der Waals surface area (Å²) in [5.74, 6) is -0.00326. The summed E-state index contributed by atoms with van der Waals surface area (Å²) in [5, 5.41) is 3.31. The minimum atomic E-state index is -0.789. The Morgan fingerprint density at radius 1 is 1.00 bits per heavy atom. The number of hydrogen-bond acceptors (Lipinski definition) is 7. The lowest BCUT2D eigenvalue weighted by atomic mass is 9.68. The topological polar surface area (TPSA) is 83.1 Å². The van der Waals surface area contributed by atoms with Crippen molar-refractivity contribution in [2.45, 2.75) is 38.0 Å². The second kappa shape index (κ2) is 10.9. The van der Waals surface area contributed by atoms with Gasteiger partial charge >= 0.3 is 5.97 Å². The van der Waals surface area contributed by atoms with E-state index < -0.39 is 17.8 Å². The third kappa shape index (κ3) is 4.70. The van der Waals surface area contributed by atoms with Gasteiger partial charge in [0.1, 0.15) is 23.2 Å². The van der Waals surface area contributed by atoms with E-state index in [4.69, 9.17) is 18.9 Å². The first-order valence-electron chi connectivity index (χ1n) is 12.2. The van der Waals surface area contributed by atoms with Gasteiger partial charge in [-0.2, -0.15) is 0 Å². The molecule has 0 aromatic heterocycles. The van der Waals surface area contributed by atoms with E-state index in [0.717, 1.165) is 17.0 Å². The standard InChI is InChI=1S/C29H33NO6/c1-6-13-36-29(32)26-17(2)30-22-14-18(20-9-7-8-10-24(20)34-4)15-23(31)28(22)27(26)21-16-19(33-3)11-12-25(21)35-5/h7-12,16,18,26-27,30H,2,6,13-15H2,1,3-5H3. The van der Waals surface area contributed by atoms with Gasteiger partial charge in [0.2, 0.25) is 0 Å². The van der Waals surface area contributed by atoms with Gasteiger partial charge in [0, 0.05) is 40.8 Å². The maximum Gasteiger partial charge on any atom is 0.315 e. The number of para-hydroxylation sites is 1. The molecule has 0 fully saturated rings. The molecule has 2 aliphatic rings. The van der Waals surface area contributed by atoms with Crippen LogP contribution in [0.5, 0.6) is 17.2 Å². The molecular formula is C29H33NO6. The van der Waals surface area contributed by atoms with E-state index in [1.165, 1.54) is 0 Å². The monoisotopic (exact) mass is 491 g/mol. The fourth-order valence-electron chi connectivity index (χ4n) is 5.26. The lowest BCUT2D eigenvalue weighted by Crippen LogP contribution is -2.42. The second-order valence-electron chi connectivity index (χ2n) is 9.04. The number of benzene rings is 2. The number of methoxy groups -OCH3 is 3. The predicted molar refractivity (Wildman–Crippen MR) is 136 cm³/mol. The summed E-state index contributed by atoms with van der Waals surface area (Å²) in [6, 6.07) is 13.2. The van der Waals surface area contributed by atoms with Crippen molar-refractivity contribution in [1.29, 1.82) is 0 Å². The van der Waals surface area contributed by atoms with Gasteiger partial charge in [-0.25, -0.2) is 0 Å². The highest BCUT2D eigenvalue weighted by Crippen LogP contribution is 2.50. The normalized spacial score (nSPS) is 21.4. The lowest BCUT2D eigenvalue weighted by molar-refractivity contribution is -0.148. The average molecular weight is 492 g/mol. The fourth-order valence-corrected chi connectivity index (χ4v) is 5.26. The Kier molecular flexibility index (Phi) is 7.67. The molecular weight excluding hydrogens is 458 g/mol. The number of allylic oxidation sites excluding steroid dienone is 2. The molecule has 3 unspecified atom stereocenters. The quantitative estimate of drug-likeness (QED) is 0.527. The molecule has 7 nitrogen and oxygen atoms in total. The Morgan fingerprint density at radius 3 is 2.42 bits per heavy atom. The van der Waals surface area contributed by atoms with Crippen LogP contribution in [0.2, 0.25) is 0 Å². The number of ketones is 1. The van der Waals surface area contributed by atoms with Crippen molar-refractivity contribution in [3.05, 3.63) is 77.1 Å². The van der Waals surface area contributed by atoms with E-state index in [0.29, 0.717) is 54.2 Å². The highest BCUT2D eigenvalue weighted by molar-refractivity contribution is 6.01. The highest BCUT2D eigenvalue weighted by Gasteiger charge is 2.46. The Labute approximate surface area is 212 Å². The van der Waals surface area contributed by atoms with Crippen molar-refractivity contribution >= 4 is 11.8 Å². The molecule has 0 bridgehead atoms. The van der Waals surface area contributed by atoms with Crippen LogP contribution in [0.25, 0.3) is 0 Å². The van der Waals surface area contributed by atoms with Crippen molar-refractivity contribution < 1.29 is 28.5 Å². The molecule has 36 heavy (non-hydrogen) atoms. The first kappa shape index (κ1) is 25.4. The van der Waals surface area contributed by atoms with Crippen LogP contribution in [0.1, 0.15) is 49.1 Å². The molecule has 4 rings (SSSR count). The molecule has 0 saturated heterocycles. The molecule has 2 aromatic rings. The summed E-state index contributed by atoms with van der Waals surface area (Å²) >= 11 is 0. The molecule has 0 radical (unpaired) electrons. The van der Waals surface area contributed by atoms with Gasteiger partial charge in [0.25, 0.3) is 0 Å². The van der Waals surface area contributed by atoms with Crippen LogP contribution in [0, 0.1) is 5.92 Å². The van der Waals surface area contributed by atoms with Crippen LogP contribution < -0.4 is 19.5 Å². The zero-order chi connectivity index (χ0) is 25.8. The zero-order valence-corrected chi connectivity index (χ0v) is 21.3. The van der Waals surface area contributed by atoms with Crippen LogP contribution in [0.15, 0.2) is 66.0 Å². The highest BCUT2D eigenvalue weighted by atomic mass is 16.5. The van der Waals surface area contributed by atoms with Crippen molar-refractivity contribution in [2.75, 3.05) is 27.9 Å². The Bertz CT molecular complexity index is 1200. The molecule has 3 atom stereocenters. The number of esters is 1. The van der Waals surface area contributed by atoms with Crippen molar-refractivity contribution in [1.82, 2.24) is 5.32 Å². The molecule has 0 amide bonds. The smallest absolute Gasteiger partial charge is 0.315 e. The van der Waals surface area contributed by atoms with Crippen molar-refractivity contribution in [3.8, 4) is 17.2 Å². The van der Waals surface area contributed by atoms with Crippen LogP contribution in [0.4, 0.5) is 0 Å². The van der Waals surface area contributed by atoms with E-state index in [2.05, 4.69) is 11.9 Å². The molecule has 0 saturated carbocycles. The van der Waals surface area contributed by atoms with Crippen LogP contribution in [0.3, 0.4) is 0 Å². The molecule has 2 aromatic carbocycles. The van der Waals surface area contributed by atoms with E-state index >= 15 is 0 Å². The van der Waals surface area contributed by atoms with Gasteiger partial charge in [-0.15, -0.1) is 0 Å². The molecule has 1 heterocycles. The van der Waals surface area contributed by atoms with Crippen molar-refractivity contribution in [3.63, 3.8) is 0 Å². The van der Waals surface area contributed by atoms with Gasteiger partial charge in [-0.1, -0.05) is 31.7 Å². The van der Waals surface area contributed by atoms with E-state index in [1.807, 2.05) is 37.3 Å². The molecule has 1 N–H and O–H groups in total. The summed E-state index contributed by atoms with van der Waals surface area (Å²) in [6.07, 6.45) is 1.58. The van der Waals surface area contributed by atoms with Gasteiger partial charge in [-0.05, 0) is 42.7 Å². The minimum absolute atomic E-state index is 0.0321. The summed E-state index contributed by atoms with van der Waals surface area (Å²) in [6.45, 7) is 6.42. The number of carbonyl (C=O) groups excluding carboxylic acids is 2. The largest absolute Gasteiger partial charge is 0.497 e. The summed E-state index contributed by atoms with van der Waals surface area (Å²) in [7, 11) is 4.78. The minimum Gasteiger partial charge on any atom is -0.497 e. The zero-order valence-electron chi connectivity index (χ0n) is 21.3. The molecule has 190 valence electrons. The number of hydrogen-bond donors (Lipinski definition) is 1. The number of Topliss-reactive ketones (excluding diaryl/α,β-unsaturated/α-hetero) is 1. The van der Waals surface area contributed by atoms with Crippen molar-refractivity contribution in [2.24, 2.45) is 5.92 Å². The second-order valence-corrected chi connectivity index (χ2v) is 9.04. The first-order chi connectivity index (χ1) is 17.4. The van der Waals surface area contributed by atoms with Crippen LogP contribution in [-0.2, 0) is 14.3 Å². The summed E-state index contributed by atoms with van der Waals surface area (Å²) < 4.78 is 22.3. The van der Waals surface area contributed by atoms with Crippen LogP contribution >= 0.6 is 0 Å². The summed E-state index contributed by atoms with van der Waals surface area (Å²) in [4.78, 5) is 27.2. The SMILES string of the molecule is C=C1NC2=C(C(=O)CC(c3ccccc3OC)C2)C(c2cc(OC)ccc2OC)C1C(=O)OCCC. The number of nitrogens with one attached hydrogen (secondary N) is 1. The van der Waals surface area contributed by atoms with Gasteiger partial charge < -0.3 is 24.3 Å². The predicted octanol–water partition coefficient (Wildman–Crippen LogP) is 4.88. The summed E-state index contributed by atoms with van der Waals surface area (Å²) in [5.41, 5.74) is 3.50. The van der Waals surface area contributed by atoms with Gasteiger partial charge in [-0.3, -0.25) is 9.59 Å². The third-order valence-corrected chi connectivity index (χ3v) is 6.89.